The molecule has 2 N–H and O–H groups in total. The maximum absolute atomic E-state index is 11.9. The van der Waals surface area contributed by atoms with Gasteiger partial charge in [-0.15, -0.1) is 0 Å². The van der Waals surface area contributed by atoms with Crippen molar-refractivity contribution in [1.29, 1.82) is 0 Å². The monoisotopic (exact) mass is 374 g/mol. The Kier molecular flexibility index (Phi) is 16.1. The molecule has 1 rings (SSSR count). The molecule has 1 heterocycles. The van der Waals surface area contributed by atoms with Crippen molar-refractivity contribution >= 4 is 29.8 Å². The van der Waals surface area contributed by atoms with Crippen molar-refractivity contribution < 1.29 is 93.6 Å². The molecule has 9 nitrogen and oxygen atoms in total. The second-order valence-electron chi connectivity index (χ2n) is 5.13. The molecule has 0 saturated carbocycles. The van der Waals surface area contributed by atoms with Crippen LogP contribution in [0.1, 0.15) is 46.5 Å². The first-order chi connectivity index (χ1) is 10.6. The van der Waals surface area contributed by atoms with Gasteiger partial charge in [0.15, 0.2) is 0 Å². The van der Waals surface area contributed by atoms with Crippen molar-refractivity contribution in [2.24, 2.45) is 16.3 Å². The maximum atomic E-state index is 11.9. The molecule has 2 atom stereocenters. The fourth-order valence-electron chi connectivity index (χ4n) is 2.42. The topological polar surface area (TPSA) is 159 Å². The molecule has 0 saturated heterocycles. The third-order valence-electron chi connectivity index (χ3n) is 3.63. The van der Waals surface area contributed by atoms with Crippen molar-refractivity contribution in [3.8, 4) is 0 Å². The molecular weight excluding hydrogens is 354 g/mol. The summed E-state index contributed by atoms with van der Waals surface area (Å²) in [6.07, 6.45) is 1.10. The Labute approximate surface area is 190 Å². The van der Waals surface area contributed by atoms with E-state index in [0.29, 0.717) is 6.42 Å². The number of carboxylic acid groups (broad SMARTS) is 2. The molecule has 0 fully saturated rings. The summed E-state index contributed by atoms with van der Waals surface area (Å²) in [4.78, 5) is 45.8. The van der Waals surface area contributed by atoms with Gasteiger partial charge in [-0.1, -0.05) is 27.2 Å². The van der Waals surface area contributed by atoms with Crippen LogP contribution in [0.4, 0.5) is 0 Å². The minimum absolute atomic E-state index is 0. The van der Waals surface area contributed by atoms with Gasteiger partial charge >= 0.3 is 65.1 Å². The molecule has 1 aliphatic heterocycles. The van der Waals surface area contributed by atoms with Crippen molar-refractivity contribution in [2.45, 2.75) is 46.5 Å². The summed E-state index contributed by atoms with van der Waals surface area (Å²) in [5.74, 6) is -4.13. The summed E-state index contributed by atoms with van der Waals surface area (Å²) in [7, 11) is 0. The summed E-state index contributed by atoms with van der Waals surface area (Å²) >= 11 is 0. The van der Waals surface area contributed by atoms with E-state index in [-0.39, 0.29) is 65.0 Å². The summed E-state index contributed by atoms with van der Waals surface area (Å²) < 4.78 is 0. The van der Waals surface area contributed by atoms with Crippen molar-refractivity contribution in [1.82, 2.24) is 5.32 Å². The quantitative estimate of drug-likeness (QED) is 0.345. The van der Waals surface area contributed by atoms with Crippen molar-refractivity contribution in [3.63, 3.8) is 0 Å². The second-order valence-corrected chi connectivity index (χ2v) is 5.13. The molecule has 130 valence electrons. The van der Waals surface area contributed by atoms with Crippen LogP contribution in [0.25, 0.3) is 0 Å². The zero-order valence-electron chi connectivity index (χ0n) is 15.2. The van der Waals surface area contributed by atoms with E-state index < -0.39 is 41.6 Å². The predicted octanol–water partition coefficient (Wildman–Crippen LogP) is -7.59. The first-order valence-corrected chi connectivity index (χ1v) is 7.14. The minimum Gasteiger partial charge on any atom is -0.846 e. The fraction of sp³-hybridized carbons (Fsp3) is 0.643. The van der Waals surface area contributed by atoms with Crippen LogP contribution in [0.5, 0.6) is 0 Å². The molecule has 0 aromatic carbocycles. The number of carbonyl (C=O) groups is 4. The molecule has 11 heteroatoms. The molecule has 2 amide bonds. The largest absolute Gasteiger partial charge is 1.00 e. The van der Waals surface area contributed by atoms with Crippen LogP contribution in [0.15, 0.2) is 4.99 Å². The number of aliphatic imine (C=N–C) groups is 1. The van der Waals surface area contributed by atoms with Crippen molar-refractivity contribution in [3.05, 3.63) is 0 Å². The van der Waals surface area contributed by atoms with Crippen LogP contribution in [0.2, 0.25) is 0 Å². The smallest absolute Gasteiger partial charge is 0.846 e. The van der Waals surface area contributed by atoms with E-state index in [9.17, 15) is 29.4 Å². The summed E-state index contributed by atoms with van der Waals surface area (Å²) in [6, 6.07) is -0.845. The molecule has 0 radical (unpaired) electrons. The SMILES string of the molecule is CCCC(C)C1(CC)C(=O)N=C([O-])NC1=O.O=C([O-])CC(=O)O.[Na+].[Na+]. The number of carbonyl (C=O) groups excluding carboxylic acids is 3. The van der Waals surface area contributed by atoms with Gasteiger partial charge in [0.2, 0.25) is 5.91 Å². The van der Waals surface area contributed by atoms with Gasteiger partial charge in [-0.3, -0.25) is 14.4 Å². The number of amides is 2. The normalized spacial score (nSPS) is 19.7. The molecule has 0 aliphatic carbocycles. The molecule has 25 heavy (non-hydrogen) atoms. The van der Waals surface area contributed by atoms with E-state index in [0.717, 1.165) is 12.8 Å². The summed E-state index contributed by atoms with van der Waals surface area (Å²) in [5, 5.41) is 30.1. The van der Waals surface area contributed by atoms with Gasteiger partial charge in [0, 0.05) is 0 Å². The van der Waals surface area contributed by atoms with Crippen LogP contribution < -0.4 is 74.6 Å². The number of hydrogen-bond donors (Lipinski definition) is 2. The maximum Gasteiger partial charge on any atom is 1.00 e. The number of nitrogens with one attached hydrogen (secondary N) is 1. The van der Waals surface area contributed by atoms with Gasteiger partial charge in [-0.05, 0) is 18.8 Å². The second kappa shape index (κ2) is 13.7. The Morgan fingerprint density at radius 2 is 1.80 bits per heavy atom. The van der Waals surface area contributed by atoms with Gasteiger partial charge < -0.3 is 25.4 Å². The Hall–Kier alpha value is -0.450. The Morgan fingerprint density at radius 3 is 2.08 bits per heavy atom. The number of carboxylic acids is 2. The van der Waals surface area contributed by atoms with Crippen LogP contribution in [0, 0.1) is 11.3 Å². The van der Waals surface area contributed by atoms with E-state index >= 15 is 0 Å². The van der Waals surface area contributed by atoms with E-state index in [1.54, 1.807) is 6.92 Å². The average molecular weight is 374 g/mol. The Morgan fingerprint density at radius 1 is 1.28 bits per heavy atom. The number of amidine groups is 1. The first kappa shape index (κ1) is 29.3. The molecule has 0 bridgehead atoms. The number of nitrogens with zero attached hydrogens (tertiary/aromatic N) is 1. The molecule has 2 unspecified atom stereocenters. The first-order valence-electron chi connectivity index (χ1n) is 7.14. The number of rotatable bonds is 6. The standard InChI is InChI=1S/C11H18N2O3.C3H4O4.2Na/c1-4-6-7(3)11(5-2)8(14)12-10(16)13-9(11)15;4-2(5)1-3(6)7;;/h7H,4-6H2,1-3H3,(H2,12,13,14,15,16);1H2,(H,4,5)(H,6,7);;/q;;2*+1/p-2. The Balaban J connectivity index is -0.000000464. The van der Waals surface area contributed by atoms with Gasteiger partial charge in [0.05, 0.1) is 18.4 Å². The van der Waals surface area contributed by atoms with Gasteiger partial charge in [-0.25, -0.2) is 4.99 Å². The van der Waals surface area contributed by atoms with E-state index in [4.69, 9.17) is 5.11 Å². The zero-order chi connectivity index (χ0) is 18.2. The zero-order valence-corrected chi connectivity index (χ0v) is 19.2. The summed E-state index contributed by atoms with van der Waals surface area (Å²) in [6.45, 7) is 5.62. The number of aliphatic carboxylic acids is 2. The van der Waals surface area contributed by atoms with E-state index in [1.165, 1.54) is 0 Å². The van der Waals surface area contributed by atoms with Gasteiger partial charge in [0.1, 0.15) is 5.41 Å². The van der Waals surface area contributed by atoms with Crippen LogP contribution in [0.3, 0.4) is 0 Å². The fourth-order valence-corrected chi connectivity index (χ4v) is 2.42. The minimum atomic E-state index is -1.56. The number of hydrogen-bond acceptors (Lipinski definition) is 6. The average Bonchev–Trinajstić information content (AvgIpc) is 2.38. The molecule has 1 aliphatic rings. The molecule has 0 aromatic rings. The third kappa shape index (κ3) is 8.65. The van der Waals surface area contributed by atoms with Crippen molar-refractivity contribution in [2.75, 3.05) is 0 Å². The molecular formula is C14H20N2Na2O7. The Bertz CT molecular complexity index is 513. The van der Waals surface area contributed by atoms with Crippen LogP contribution in [-0.4, -0.2) is 34.9 Å². The van der Waals surface area contributed by atoms with E-state index in [2.05, 4.69) is 10.3 Å². The molecule has 0 spiro atoms. The van der Waals surface area contributed by atoms with Crippen LogP contribution in [-0.2, 0) is 19.2 Å². The summed E-state index contributed by atoms with van der Waals surface area (Å²) in [5.41, 5.74) is -1.15. The van der Waals surface area contributed by atoms with Gasteiger partial charge in [-0.2, -0.15) is 0 Å². The van der Waals surface area contributed by atoms with Crippen LogP contribution >= 0.6 is 0 Å². The molecule has 0 aromatic heterocycles. The van der Waals surface area contributed by atoms with E-state index in [1.807, 2.05) is 13.8 Å². The van der Waals surface area contributed by atoms with Gasteiger partial charge in [0.25, 0.3) is 5.91 Å². The third-order valence-corrected chi connectivity index (χ3v) is 3.63. The predicted molar refractivity (Wildman–Crippen MR) is 74.6 cm³/mol.